The van der Waals surface area contributed by atoms with E-state index in [1.807, 2.05) is 6.08 Å². The van der Waals surface area contributed by atoms with Crippen molar-refractivity contribution in [1.29, 1.82) is 0 Å². The molecule has 9 heteroatoms. The Kier molecular flexibility index (Phi) is 5.00. The van der Waals surface area contributed by atoms with Gasteiger partial charge in [-0.05, 0) is 23.8 Å². The lowest BCUT2D eigenvalue weighted by Gasteiger charge is -2.12. The highest BCUT2D eigenvalue weighted by atomic mass is 16.5. The fourth-order valence-electron chi connectivity index (χ4n) is 3.05. The highest BCUT2D eigenvalue weighted by Gasteiger charge is 2.16. The normalized spacial score (nSPS) is 11.4. The summed E-state index contributed by atoms with van der Waals surface area (Å²) < 4.78 is 20.1. The Balaban J connectivity index is 2.14. The smallest absolute Gasteiger partial charge is 0.332 e. The van der Waals surface area contributed by atoms with Crippen LogP contribution in [-0.4, -0.2) is 40.0 Å². The van der Waals surface area contributed by atoms with Gasteiger partial charge in [-0.15, -0.1) is 0 Å². The van der Waals surface area contributed by atoms with Crippen molar-refractivity contribution in [2.24, 2.45) is 21.1 Å². The van der Waals surface area contributed by atoms with Crippen molar-refractivity contribution in [1.82, 2.24) is 18.7 Å². The molecule has 0 fully saturated rings. The molecule has 9 nitrogen and oxygen atoms in total. The second-order valence-corrected chi connectivity index (χ2v) is 6.20. The van der Waals surface area contributed by atoms with Crippen LogP contribution in [0, 0.1) is 0 Å². The van der Waals surface area contributed by atoms with Crippen LogP contribution in [0.2, 0.25) is 0 Å². The predicted octanol–water partition coefficient (Wildman–Crippen LogP) is 1.17. The van der Waals surface area contributed by atoms with Gasteiger partial charge in [0.15, 0.2) is 22.7 Å². The predicted molar refractivity (Wildman–Crippen MR) is 106 cm³/mol. The lowest BCUT2D eigenvalue weighted by molar-refractivity contribution is 0.324. The minimum absolute atomic E-state index is 0.333. The summed E-state index contributed by atoms with van der Waals surface area (Å²) >= 11 is 0. The topological polar surface area (TPSA) is 89.5 Å². The molecule has 148 valence electrons. The average molecular weight is 386 g/mol. The third-order valence-electron chi connectivity index (χ3n) is 4.62. The van der Waals surface area contributed by atoms with Crippen molar-refractivity contribution in [3.63, 3.8) is 0 Å². The van der Waals surface area contributed by atoms with E-state index < -0.39 is 5.69 Å². The summed E-state index contributed by atoms with van der Waals surface area (Å²) in [7, 11) is 9.40. The van der Waals surface area contributed by atoms with Crippen LogP contribution in [0.3, 0.4) is 0 Å². The maximum atomic E-state index is 12.5. The molecule has 0 spiro atoms. The molecule has 0 aliphatic carbocycles. The van der Waals surface area contributed by atoms with Gasteiger partial charge in [-0.3, -0.25) is 13.9 Å². The molecule has 0 aliphatic heterocycles. The number of imidazole rings is 1. The molecule has 0 bridgehead atoms. The maximum absolute atomic E-state index is 12.5. The maximum Gasteiger partial charge on any atom is 0.332 e. The van der Waals surface area contributed by atoms with E-state index in [0.29, 0.717) is 34.2 Å². The Bertz CT molecular complexity index is 1170. The minimum atomic E-state index is -0.421. The first kappa shape index (κ1) is 19.3. The molecule has 0 amide bonds. The molecule has 2 aromatic heterocycles. The molecule has 0 aliphatic rings. The summed E-state index contributed by atoms with van der Waals surface area (Å²) in [5.74, 6) is 2.09. The lowest BCUT2D eigenvalue weighted by atomic mass is 10.1. The molecule has 3 aromatic rings. The van der Waals surface area contributed by atoms with Crippen molar-refractivity contribution in [2.75, 3.05) is 21.3 Å². The van der Waals surface area contributed by atoms with Crippen LogP contribution in [0.5, 0.6) is 17.2 Å². The Hall–Kier alpha value is -3.49. The SMILES string of the molecule is COc1cc(/C=C/c2nc3c(c(=O)n(C)c(=O)n3C)n2C)cc(OC)c1OC. The van der Waals surface area contributed by atoms with Gasteiger partial charge in [-0.2, -0.15) is 0 Å². The van der Waals surface area contributed by atoms with Gasteiger partial charge in [0.25, 0.3) is 5.56 Å². The van der Waals surface area contributed by atoms with Crippen LogP contribution in [-0.2, 0) is 21.1 Å². The zero-order valence-corrected chi connectivity index (χ0v) is 16.6. The summed E-state index contributed by atoms with van der Waals surface area (Å²) in [5.41, 5.74) is 0.675. The lowest BCUT2D eigenvalue weighted by Crippen LogP contribution is -2.37. The second-order valence-electron chi connectivity index (χ2n) is 6.20. The number of ether oxygens (including phenoxy) is 3. The number of nitrogens with zero attached hydrogens (tertiary/aromatic N) is 4. The van der Waals surface area contributed by atoms with Gasteiger partial charge in [0.1, 0.15) is 5.82 Å². The van der Waals surface area contributed by atoms with Gasteiger partial charge < -0.3 is 18.8 Å². The van der Waals surface area contributed by atoms with Crippen LogP contribution < -0.4 is 25.5 Å². The number of benzene rings is 1. The molecular formula is C19H22N4O5. The van der Waals surface area contributed by atoms with Crippen molar-refractivity contribution < 1.29 is 14.2 Å². The first-order valence-electron chi connectivity index (χ1n) is 8.44. The summed E-state index contributed by atoms with van der Waals surface area (Å²) in [6.45, 7) is 0. The van der Waals surface area contributed by atoms with Crippen LogP contribution in [0.25, 0.3) is 23.3 Å². The number of aryl methyl sites for hydroxylation is 2. The van der Waals surface area contributed by atoms with Crippen LogP contribution in [0.1, 0.15) is 11.4 Å². The quantitative estimate of drug-likeness (QED) is 0.654. The Morgan fingerprint density at radius 3 is 2.00 bits per heavy atom. The van der Waals surface area contributed by atoms with E-state index in [9.17, 15) is 9.59 Å². The summed E-state index contributed by atoms with van der Waals surface area (Å²) in [6, 6.07) is 3.60. The van der Waals surface area contributed by atoms with Gasteiger partial charge in [0.2, 0.25) is 5.75 Å². The molecule has 2 heterocycles. The van der Waals surface area contributed by atoms with E-state index in [-0.39, 0.29) is 5.56 Å². The highest BCUT2D eigenvalue weighted by Crippen LogP contribution is 2.38. The zero-order chi connectivity index (χ0) is 20.6. The van der Waals surface area contributed by atoms with E-state index in [1.165, 1.54) is 11.6 Å². The number of hydrogen-bond acceptors (Lipinski definition) is 6. The number of methoxy groups -OCH3 is 3. The highest BCUT2D eigenvalue weighted by molar-refractivity contribution is 5.77. The van der Waals surface area contributed by atoms with Crippen molar-refractivity contribution in [3.05, 3.63) is 44.4 Å². The van der Waals surface area contributed by atoms with E-state index in [0.717, 1.165) is 10.1 Å². The van der Waals surface area contributed by atoms with Crippen LogP contribution in [0.15, 0.2) is 21.7 Å². The largest absolute Gasteiger partial charge is 0.493 e. The Labute approximate surface area is 161 Å². The fraction of sp³-hybridized carbons (Fsp3) is 0.316. The van der Waals surface area contributed by atoms with Gasteiger partial charge in [0.05, 0.1) is 21.3 Å². The third-order valence-corrected chi connectivity index (χ3v) is 4.62. The molecule has 0 saturated carbocycles. The summed E-state index contributed by atoms with van der Waals surface area (Å²) in [6.07, 6.45) is 3.57. The number of hydrogen-bond donors (Lipinski definition) is 0. The van der Waals surface area contributed by atoms with E-state index >= 15 is 0 Å². The molecule has 3 rings (SSSR count). The standard InChI is InChI=1S/C19H22N4O5/c1-21-14(20-17-15(21)18(24)23(3)19(25)22(17)2)8-7-11-9-12(26-4)16(28-6)13(10-11)27-5/h7-10H,1-6H3/b8-7+. The molecule has 0 N–H and O–H groups in total. The van der Waals surface area contributed by atoms with Gasteiger partial charge in [-0.25, -0.2) is 9.78 Å². The third kappa shape index (κ3) is 2.94. The molecule has 0 saturated heterocycles. The van der Waals surface area contributed by atoms with Gasteiger partial charge in [0, 0.05) is 21.1 Å². The monoisotopic (exact) mass is 386 g/mol. The minimum Gasteiger partial charge on any atom is -0.493 e. The van der Waals surface area contributed by atoms with Crippen LogP contribution in [0.4, 0.5) is 0 Å². The fourth-order valence-corrected chi connectivity index (χ4v) is 3.05. The zero-order valence-electron chi connectivity index (χ0n) is 16.6. The van der Waals surface area contributed by atoms with Gasteiger partial charge in [-0.1, -0.05) is 6.08 Å². The number of rotatable bonds is 5. The molecule has 28 heavy (non-hydrogen) atoms. The van der Waals surface area contributed by atoms with Crippen molar-refractivity contribution in [2.45, 2.75) is 0 Å². The average Bonchev–Trinajstić information content (AvgIpc) is 3.04. The molecular weight excluding hydrogens is 364 g/mol. The Morgan fingerprint density at radius 2 is 1.46 bits per heavy atom. The molecule has 0 atom stereocenters. The van der Waals surface area contributed by atoms with E-state index in [4.69, 9.17) is 14.2 Å². The number of fused-ring (bicyclic) bond motifs is 1. The molecule has 0 unspecified atom stereocenters. The summed E-state index contributed by atoms with van der Waals surface area (Å²) in [4.78, 5) is 29.0. The summed E-state index contributed by atoms with van der Waals surface area (Å²) in [5, 5.41) is 0. The van der Waals surface area contributed by atoms with Crippen molar-refractivity contribution in [3.8, 4) is 17.2 Å². The Morgan fingerprint density at radius 1 is 0.857 bits per heavy atom. The van der Waals surface area contributed by atoms with Crippen molar-refractivity contribution >= 4 is 23.3 Å². The molecule has 0 radical (unpaired) electrons. The molecule has 1 aromatic carbocycles. The number of aromatic nitrogens is 4. The van der Waals surface area contributed by atoms with Gasteiger partial charge >= 0.3 is 5.69 Å². The first-order valence-corrected chi connectivity index (χ1v) is 8.44. The van der Waals surface area contributed by atoms with E-state index in [2.05, 4.69) is 4.98 Å². The first-order chi connectivity index (χ1) is 13.3. The second kappa shape index (κ2) is 7.26. The van der Waals surface area contributed by atoms with E-state index in [1.54, 1.807) is 58.2 Å². The van der Waals surface area contributed by atoms with Crippen LogP contribution >= 0.6 is 0 Å².